The number of para-hydroxylation sites is 1. The second-order valence-corrected chi connectivity index (χ2v) is 7.46. The summed E-state index contributed by atoms with van der Waals surface area (Å²) >= 11 is 0. The van der Waals surface area contributed by atoms with Crippen LogP contribution >= 0.6 is 0 Å². The minimum absolute atomic E-state index is 0.0175. The van der Waals surface area contributed by atoms with E-state index in [0.717, 1.165) is 5.56 Å². The molecule has 0 heterocycles. The molecule has 35 heavy (non-hydrogen) atoms. The number of benzene rings is 3. The monoisotopic (exact) mass is 474 g/mol. The van der Waals surface area contributed by atoms with E-state index in [1.54, 1.807) is 60.7 Å². The number of carbonyl (C=O) groups excluding carboxylic acids is 3. The van der Waals surface area contributed by atoms with Crippen molar-refractivity contribution in [3.63, 3.8) is 0 Å². The molecule has 0 aliphatic rings. The molecule has 0 amide bonds. The molecule has 0 unspecified atom stereocenters. The number of ether oxygens (including phenoxy) is 3. The van der Waals surface area contributed by atoms with Crippen LogP contribution in [0.5, 0.6) is 17.2 Å². The number of aromatic carboxylic acids is 1. The van der Waals surface area contributed by atoms with Gasteiger partial charge in [-0.15, -0.1) is 0 Å². The molecule has 3 aromatic rings. The van der Waals surface area contributed by atoms with E-state index in [-0.39, 0.29) is 22.8 Å². The van der Waals surface area contributed by atoms with Gasteiger partial charge in [-0.25, -0.2) is 4.79 Å². The van der Waals surface area contributed by atoms with Crippen molar-refractivity contribution < 1.29 is 38.5 Å². The van der Waals surface area contributed by atoms with Gasteiger partial charge in [0.15, 0.2) is 5.75 Å². The molecule has 0 spiro atoms. The zero-order valence-electron chi connectivity index (χ0n) is 19.2. The number of rotatable bonds is 7. The molecule has 0 atom stereocenters. The molecular formula is C27H22O8. The fourth-order valence-electron chi connectivity index (χ4n) is 3.29. The third kappa shape index (κ3) is 6.88. The van der Waals surface area contributed by atoms with Crippen molar-refractivity contribution in [2.75, 3.05) is 0 Å². The van der Waals surface area contributed by atoms with Crippen molar-refractivity contribution in [3.8, 4) is 28.4 Å². The zero-order chi connectivity index (χ0) is 25.5. The van der Waals surface area contributed by atoms with E-state index < -0.39 is 23.9 Å². The van der Waals surface area contributed by atoms with Gasteiger partial charge in [-0.3, -0.25) is 14.4 Å². The molecule has 8 heteroatoms. The van der Waals surface area contributed by atoms with Crippen LogP contribution < -0.4 is 14.2 Å². The lowest BCUT2D eigenvalue weighted by Gasteiger charge is -2.12. The van der Waals surface area contributed by atoms with E-state index in [2.05, 4.69) is 0 Å². The summed E-state index contributed by atoms with van der Waals surface area (Å²) in [7, 11) is 0. The molecule has 178 valence electrons. The van der Waals surface area contributed by atoms with E-state index in [0.29, 0.717) is 16.7 Å². The van der Waals surface area contributed by atoms with Gasteiger partial charge in [0, 0.05) is 32.4 Å². The number of hydrogen-bond donors (Lipinski definition) is 1. The molecule has 0 saturated heterocycles. The number of hydrogen-bond acceptors (Lipinski definition) is 7. The summed E-state index contributed by atoms with van der Waals surface area (Å²) < 4.78 is 15.4. The van der Waals surface area contributed by atoms with Gasteiger partial charge in [-0.05, 0) is 34.9 Å². The van der Waals surface area contributed by atoms with Crippen molar-refractivity contribution in [1.29, 1.82) is 0 Å². The van der Waals surface area contributed by atoms with Gasteiger partial charge in [-0.2, -0.15) is 0 Å². The van der Waals surface area contributed by atoms with Crippen molar-refractivity contribution in [1.82, 2.24) is 0 Å². The Bertz CT molecular complexity index is 1290. The maximum atomic E-state index is 11.6. The highest BCUT2D eigenvalue weighted by atomic mass is 16.5. The molecule has 8 nitrogen and oxygen atoms in total. The van der Waals surface area contributed by atoms with Crippen LogP contribution in [0.3, 0.4) is 0 Å². The third-order valence-electron chi connectivity index (χ3n) is 4.61. The van der Waals surface area contributed by atoms with E-state index >= 15 is 0 Å². The maximum absolute atomic E-state index is 11.6. The SMILES string of the molecule is CC(=O)Oc1cc(/C=C/c2ccc(-c3cccc(C(=O)O)c3OC(C)=O)cc2)cc(OC(C)=O)c1. The smallest absolute Gasteiger partial charge is 0.339 e. The minimum Gasteiger partial charge on any atom is -0.478 e. The summed E-state index contributed by atoms with van der Waals surface area (Å²) in [5.74, 6) is -2.37. The quantitative estimate of drug-likeness (QED) is 0.289. The summed E-state index contributed by atoms with van der Waals surface area (Å²) in [5.41, 5.74) is 2.46. The Morgan fingerprint density at radius 1 is 0.686 bits per heavy atom. The Morgan fingerprint density at radius 2 is 1.23 bits per heavy atom. The third-order valence-corrected chi connectivity index (χ3v) is 4.61. The molecule has 0 aromatic heterocycles. The fraction of sp³-hybridized carbons (Fsp3) is 0.111. The van der Waals surface area contributed by atoms with Gasteiger partial charge in [0.05, 0.1) is 0 Å². The van der Waals surface area contributed by atoms with E-state index in [9.17, 15) is 24.3 Å². The summed E-state index contributed by atoms with van der Waals surface area (Å²) in [6.07, 6.45) is 3.55. The Kier molecular flexibility index (Phi) is 7.78. The van der Waals surface area contributed by atoms with E-state index in [1.807, 2.05) is 0 Å². The first-order chi connectivity index (χ1) is 16.6. The van der Waals surface area contributed by atoms with Crippen LogP contribution in [0.1, 0.15) is 42.3 Å². The van der Waals surface area contributed by atoms with Gasteiger partial charge >= 0.3 is 23.9 Å². The van der Waals surface area contributed by atoms with Crippen LogP contribution in [-0.4, -0.2) is 29.0 Å². The highest BCUT2D eigenvalue weighted by Gasteiger charge is 2.18. The Morgan fingerprint density at radius 3 is 1.74 bits per heavy atom. The number of esters is 3. The fourth-order valence-corrected chi connectivity index (χ4v) is 3.29. The van der Waals surface area contributed by atoms with Crippen molar-refractivity contribution in [2.24, 2.45) is 0 Å². The highest BCUT2D eigenvalue weighted by molar-refractivity contribution is 5.95. The van der Waals surface area contributed by atoms with Crippen molar-refractivity contribution in [3.05, 3.63) is 77.4 Å². The number of carboxylic acids is 1. The summed E-state index contributed by atoms with van der Waals surface area (Å²) in [4.78, 5) is 45.7. The van der Waals surface area contributed by atoms with Crippen LogP contribution in [-0.2, 0) is 14.4 Å². The Labute approximate surface area is 201 Å². The highest BCUT2D eigenvalue weighted by Crippen LogP contribution is 2.34. The molecule has 1 N–H and O–H groups in total. The van der Waals surface area contributed by atoms with Gasteiger partial charge < -0.3 is 19.3 Å². The summed E-state index contributed by atoms with van der Waals surface area (Å²) in [5, 5.41) is 9.45. The van der Waals surface area contributed by atoms with E-state index in [4.69, 9.17) is 14.2 Å². The molecule has 0 aliphatic heterocycles. The van der Waals surface area contributed by atoms with Crippen LogP contribution in [0.25, 0.3) is 23.3 Å². The van der Waals surface area contributed by atoms with Crippen molar-refractivity contribution >= 4 is 36.0 Å². The van der Waals surface area contributed by atoms with Gasteiger partial charge in [0.2, 0.25) is 0 Å². The molecule has 0 saturated carbocycles. The summed E-state index contributed by atoms with van der Waals surface area (Å²) in [6.45, 7) is 3.75. The largest absolute Gasteiger partial charge is 0.478 e. The van der Waals surface area contributed by atoms with Crippen LogP contribution in [0.4, 0.5) is 0 Å². The number of carbonyl (C=O) groups is 4. The van der Waals surface area contributed by atoms with Gasteiger partial charge in [0.1, 0.15) is 17.1 Å². The molecule has 3 rings (SSSR count). The Balaban J connectivity index is 1.91. The van der Waals surface area contributed by atoms with E-state index in [1.165, 1.54) is 32.9 Å². The molecule has 0 radical (unpaired) electrons. The van der Waals surface area contributed by atoms with Gasteiger partial charge in [0.25, 0.3) is 0 Å². The number of carboxylic acid groups (broad SMARTS) is 1. The maximum Gasteiger partial charge on any atom is 0.339 e. The van der Waals surface area contributed by atoms with Gasteiger partial charge in [-0.1, -0.05) is 48.6 Å². The first kappa shape index (κ1) is 24.9. The van der Waals surface area contributed by atoms with Crippen LogP contribution in [0.15, 0.2) is 60.7 Å². The average Bonchev–Trinajstić information content (AvgIpc) is 2.76. The zero-order valence-corrected chi connectivity index (χ0v) is 19.2. The molecule has 0 fully saturated rings. The van der Waals surface area contributed by atoms with Crippen LogP contribution in [0, 0.1) is 0 Å². The predicted molar refractivity (Wildman–Crippen MR) is 128 cm³/mol. The second-order valence-electron chi connectivity index (χ2n) is 7.46. The predicted octanol–water partition coefficient (Wildman–Crippen LogP) is 5.00. The molecule has 0 bridgehead atoms. The summed E-state index contributed by atoms with van der Waals surface area (Å²) in [6, 6.07) is 16.5. The lowest BCUT2D eigenvalue weighted by Crippen LogP contribution is -2.08. The second kappa shape index (κ2) is 10.9. The lowest BCUT2D eigenvalue weighted by molar-refractivity contribution is -0.133. The first-order valence-electron chi connectivity index (χ1n) is 10.5. The standard InChI is InChI=1S/C27H22O8/c1-16(28)33-22-13-20(14-23(15-22)34-17(2)29)8-7-19-9-11-21(12-10-19)24-5-4-6-25(27(31)32)26(24)35-18(3)30/h4-15H,1-3H3,(H,31,32)/b8-7+. The minimum atomic E-state index is -1.20. The molecule has 3 aromatic carbocycles. The normalized spacial score (nSPS) is 10.6. The Hall–Kier alpha value is -4.72. The topological polar surface area (TPSA) is 116 Å². The average molecular weight is 474 g/mol. The van der Waals surface area contributed by atoms with Crippen molar-refractivity contribution in [2.45, 2.75) is 20.8 Å². The lowest BCUT2D eigenvalue weighted by atomic mass is 9.99. The van der Waals surface area contributed by atoms with Crippen LogP contribution in [0.2, 0.25) is 0 Å². The first-order valence-corrected chi connectivity index (χ1v) is 10.5. The molecule has 0 aliphatic carbocycles. The molecular weight excluding hydrogens is 452 g/mol.